The van der Waals surface area contributed by atoms with E-state index in [4.69, 9.17) is 15.6 Å². The second-order valence-corrected chi connectivity index (χ2v) is 1.98. The van der Waals surface area contributed by atoms with Crippen molar-refractivity contribution in [1.29, 1.82) is 0 Å². The monoisotopic (exact) mass is 136 g/mol. The van der Waals surface area contributed by atoms with Crippen LogP contribution < -0.4 is 0 Å². The van der Waals surface area contributed by atoms with Gasteiger partial charge in [-0.25, -0.2) is 0 Å². The minimum absolute atomic E-state index is 0.00694. The van der Waals surface area contributed by atoms with Crippen molar-refractivity contribution in [3.63, 3.8) is 0 Å². The van der Waals surface area contributed by atoms with Gasteiger partial charge in [0.25, 0.3) is 0 Å². The number of likely N-dealkylation sites (N-methyl/N-ethyl adjacent to an activating group) is 1. The summed E-state index contributed by atoms with van der Waals surface area (Å²) in [5.74, 6) is 0. The first-order valence-electron chi connectivity index (χ1n) is 2.61. The molecule has 56 valence electrons. The average Bonchev–Trinajstić information content (AvgIpc) is 1.63. The Morgan fingerprint density at radius 3 is 1.89 bits per heavy atom. The second kappa shape index (κ2) is 3.76. The van der Waals surface area contributed by atoms with Crippen molar-refractivity contribution >= 4 is 0 Å². The summed E-state index contributed by atoms with van der Waals surface area (Å²) in [4.78, 5) is 0. The standard InChI is InChI=1S/C4H12N2O3/c1-4(5(2)7)3-6(8)9/h4,7-9H,3H2,1-2H3. The van der Waals surface area contributed by atoms with Gasteiger partial charge in [0.15, 0.2) is 0 Å². The van der Waals surface area contributed by atoms with Crippen LogP contribution >= 0.6 is 0 Å². The van der Waals surface area contributed by atoms with Crippen LogP contribution in [0.5, 0.6) is 0 Å². The van der Waals surface area contributed by atoms with Gasteiger partial charge in [0, 0.05) is 13.1 Å². The van der Waals surface area contributed by atoms with E-state index in [2.05, 4.69) is 0 Å². The summed E-state index contributed by atoms with van der Waals surface area (Å²) in [5.41, 5.74) is 0. The van der Waals surface area contributed by atoms with Gasteiger partial charge in [0.2, 0.25) is 0 Å². The normalized spacial score (nSPS) is 15.0. The molecule has 0 aliphatic carbocycles. The molecule has 0 aromatic rings. The van der Waals surface area contributed by atoms with Crippen molar-refractivity contribution in [2.45, 2.75) is 13.0 Å². The summed E-state index contributed by atoms with van der Waals surface area (Å²) in [6.45, 7) is 1.65. The molecular formula is C4H12N2O3. The fourth-order valence-electron chi connectivity index (χ4n) is 0.354. The third-order valence-electron chi connectivity index (χ3n) is 1.07. The lowest BCUT2D eigenvalue weighted by atomic mass is 10.3. The van der Waals surface area contributed by atoms with Crippen molar-refractivity contribution in [2.24, 2.45) is 0 Å². The van der Waals surface area contributed by atoms with Gasteiger partial charge in [-0.1, -0.05) is 5.23 Å². The molecule has 0 aliphatic heterocycles. The Balaban J connectivity index is 3.38. The molecule has 0 aromatic heterocycles. The molecule has 5 nitrogen and oxygen atoms in total. The lowest BCUT2D eigenvalue weighted by Crippen LogP contribution is -2.35. The Kier molecular flexibility index (Phi) is 3.67. The quantitative estimate of drug-likeness (QED) is 0.468. The maximum absolute atomic E-state index is 8.65. The van der Waals surface area contributed by atoms with Crippen LogP contribution in [0.15, 0.2) is 0 Å². The van der Waals surface area contributed by atoms with Gasteiger partial charge in [-0.2, -0.15) is 5.06 Å². The largest absolute Gasteiger partial charge is 0.314 e. The molecule has 9 heavy (non-hydrogen) atoms. The zero-order valence-electron chi connectivity index (χ0n) is 5.52. The molecule has 0 fully saturated rings. The molecule has 0 aromatic carbocycles. The summed E-state index contributed by atoms with van der Waals surface area (Å²) in [7, 11) is 1.44. The average molecular weight is 136 g/mol. The topological polar surface area (TPSA) is 67.2 Å². The minimum atomic E-state index is -0.292. The van der Waals surface area contributed by atoms with Crippen molar-refractivity contribution in [3.8, 4) is 0 Å². The van der Waals surface area contributed by atoms with Crippen LogP contribution in [0, 0.1) is 0 Å². The molecule has 0 saturated carbocycles. The van der Waals surface area contributed by atoms with Crippen molar-refractivity contribution in [1.82, 2.24) is 10.3 Å². The molecule has 0 radical (unpaired) electrons. The molecule has 0 aliphatic rings. The van der Waals surface area contributed by atoms with E-state index in [1.807, 2.05) is 0 Å². The van der Waals surface area contributed by atoms with E-state index >= 15 is 0 Å². The molecule has 0 heterocycles. The van der Waals surface area contributed by atoms with Crippen LogP contribution in [0.1, 0.15) is 6.92 Å². The highest BCUT2D eigenvalue weighted by atomic mass is 16.8. The molecule has 5 heteroatoms. The van der Waals surface area contributed by atoms with E-state index in [0.717, 1.165) is 5.06 Å². The summed E-state index contributed by atoms with van der Waals surface area (Å²) in [6.07, 6.45) is 0. The highest BCUT2D eigenvalue weighted by Crippen LogP contribution is 1.90. The molecule has 0 saturated heterocycles. The smallest absolute Gasteiger partial charge is 0.0688 e. The van der Waals surface area contributed by atoms with Gasteiger partial charge in [0.1, 0.15) is 0 Å². The van der Waals surface area contributed by atoms with E-state index in [1.54, 1.807) is 6.92 Å². The van der Waals surface area contributed by atoms with E-state index < -0.39 is 0 Å². The third-order valence-corrected chi connectivity index (χ3v) is 1.07. The Morgan fingerprint density at radius 1 is 1.33 bits per heavy atom. The molecule has 0 rings (SSSR count). The van der Waals surface area contributed by atoms with Gasteiger partial charge in [-0.05, 0) is 6.92 Å². The van der Waals surface area contributed by atoms with Crippen molar-refractivity contribution in [3.05, 3.63) is 0 Å². The molecule has 3 N–H and O–H groups in total. The van der Waals surface area contributed by atoms with Gasteiger partial charge in [-0.15, -0.1) is 0 Å². The lowest BCUT2D eigenvalue weighted by Gasteiger charge is -2.18. The Morgan fingerprint density at radius 2 is 1.78 bits per heavy atom. The Bertz CT molecular complexity index is 76.2. The van der Waals surface area contributed by atoms with Crippen LogP contribution in [0.2, 0.25) is 0 Å². The summed E-state index contributed by atoms with van der Waals surface area (Å²) < 4.78 is 0. The minimum Gasteiger partial charge on any atom is -0.314 e. The molecule has 0 bridgehead atoms. The van der Waals surface area contributed by atoms with Crippen molar-refractivity contribution in [2.75, 3.05) is 13.6 Å². The fourth-order valence-corrected chi connectivity index (χ4v) is 0.354. The molecule has 0 amide bonds. The molecular weight excluding hydrogens is 124 g/mol. The zero-order valence-corrected chi connectivity index (χ0v) is 5.52. The predicted octanol–water partition coefficient (Wildman–Crippen LogP) is -0.224. The first kappa shape index (κ1) is 8.80. The summed E-state index contributed by atoms with van der Waals surface area (Å²) >= 11 is 0. The first-order valence-corrected chi connectivity index (χ1v) is 2.61. The number of hydrogen-bond acceptors (Lipinski definition) is 5. The number of rotatable bonds is 3. The lowest BCUT2D eigenvalue weighted by molar-refractivity contribution is -0.317. The van der Waals surface area contributed by atoms with Crippen LogP contribution in [0.25, 0.3) is 0 Å². The Labute approximate surface area is 53.6 Å². The first-order chi connectivity index (χ1) is 4.04. The number of hydroxylamine groups is 4. The van der Waals surface area contributed by atoms with Gasteiger partial charge in [-0.3, -0.25) is 10.4 Å². The maximum Gasteiger partial charge on any atom is 0.0688 e. The zero-order chi connectivity index (χ0) is 7.44. The molecule has 1 unspecified atom stereocenters. The third kappa shape index (κ3) is 4.31. The van der Waals surface area contributed by atoms with Gasteiger partial charge in [0.05, 0.1) is 6.54 Å². The van der Waals surface area contributed by atoms with E-state index in [-0.39, 0.29) is 17.8 Å². The predicted molar refractivity (Wildman–Crippen MR) is 29.3 cm³/mol. The van der Waals surface area contributed by atoms with Gasteiger partial charge < -0.3 is 5.21 Å². The molecule has 0 spiro atoms. The van der Waals surface area contributed by atoms with Crippen molar-refractivity contribution < 1.29 is 15.6 Å². The fraction of sp³-hybridized carbons (Fsp3) is 1.00. The van der Waals surface area contributed by atoms with Crippen LogP contribution in [0.3, 0.4) is 0 Å². The second-order valence-electron chi connectivity index (χ2n) is 1.98. The Hall–Kier alpha value is -0.200. The van der Waals surface area contributed by atoms with Gasteiger partial charge >= 0.3 is 0 Å². The van der Waals surface area contributed by atoms with E-state index in [9.17, 15) is 0 Å². The van der Waals surface area contributed by atoms with Crippen LogP contribution in [-0.4, -0.2) is 45.5 Å². The number of hydrogen-bond donors (Lipinski definition) is 3. The van der Waals surface area contributed by atoms with E-state index in [0.29, 0.717) is 0 Å². The molecule has 1 atom stereocenters. The summed E-state index contributed by atoms with van der Waals surface area (Å²) in [5, 5.41) is 26.0. The maximum atomic E-state index is 8.65. The summed E-state index contributed by atoms with van der Waals surface area (Å²) in [6, 6.07) is -0.292. The van der Waals surface area contributed by atoms with E-state index in [1.165, 1.54) is 7.05 Å². The highest BCUT2D eigenvalue weighted by Gasteiger charge is 2.08. The SMILES string of the molecule is CC(CN(O)O)N(C)O. The highest BCUT2D eigenvalue weighted by molar-refractivity contribution is 4.53. The van der Waals surface area contributed by atoms with Crippen LogP contribution in [0.4, 0.5) is 0 Å². The number of nitrogens with zero attached hydrogens (tertiary/aromatic N) is 2. The van der Waals surface area contributed by atoms with Crippen LogP contribution in [-0.2, 0) is 0 Å².